The number of benzene rings is 1. The smallest absolute Gasteiger partial charge is 0.257 e. The van der Waals surface area contributed by atoms with Crippen molar-refractivity contribution in [2.24, 2.45) is 5.92 Å². The predicted molar refractivity (Wildman–Crippen MR) is 123 cm³/mol. The van der Waals surface area contributed by atoms with Crippen LogP contribution >= 0.6 is 23.1 Å². The second-order valence-electron chi connectivity index (χ2n) is 8.51. The van der Waals surface area contributed by atoms with Crippen LogP contribution in [-0.4, -0.2) is 33.0 Å². The molecule has 1 aromatic heterocycles. The van der Waals surface area contributed by atoms with Gasteiger partial charge in [-0.2, -0.15) is 0 Å². The molecule has 0 saturated heterocycles. The minimum atomic E-state index is -1.47. The number of halogens is 1. The van der Waals surface area contributed by atoms with Crippen LogP contribution < -0.4 is 5.32 Å². The Morgan fingerprint density at radius 2 is 2.10 bits per heavy atom. The Balaban J connectivity index is 1.58. The van der Waals surface area contributed by atoms with Gasteiger partial charge >= 0.3 is 0 Å². The summed E-state index contributed by atoms with van der Waals surface area (Å²) in [5, 5.41) is 24.7. The highest BCUT2D eigenvalue weighted by atomic mass is 32.2. The highest BCUT2D eigenvalue weighted by molar-refractivity contribution is 8.00. The minimum absolute atomic E-state index is 0.295. The van der Waals surface area contributed by atoms with Crippen LogP contribution in [0.4, 0.5) is 9.52 Å². The summed E-state index contributed by atoms with van der Waals surface area (Å²) in [7, 11) is 0. The molecule has 2 aliphatic rings. The Hall–Kier alpha value is -1.74. The number of anilines is 1. The number of hydrogen-bond acceptors (Lipinski definition) is 6. The normalized spacial score (nSPS) is 19.4. The van der Waals surface area contributed by atoms with Crippen molar-refractivity contribution >= 4 is 39.7 Å². The summed E-state index contributed by atoms with van der Waals surface area (Å²) < 4.78 is 14.7. The van der Waals surface area contributed by atoms with Crippen molar-refractivity contribution in [3.8, 4) is 0 Å². The van der Waals surface area contributed by atoms with Gasteiger partial charge in [-0.3, -0.25) is 10.1 Å². The number of carbonyl (C=O) groups excluding carboxylic acids is 1. The lowest BCUT2D eigenvalue weighted by molar-refractivity contribution is -0.111. The molecule has 31 heavy (non-hydrogen) atoms. The van der Waals surface area contributed by atoms with E-state index in [4.69, 9.17) is 0 Å². The first-order chi connectivity index (χ1) is 14.9. The molecule has 2 saturated carbocycles. The Morgan fingerprint density at radius 1 is 1.35 bits per heavy atom. The third kappa shape index (κ3) is 5.55. The van der Waals surface area contributed by atoms with Crippen LogP contribution in [0.25, 0.3) is 5.57 Å². The van der Waals surface area contributed by atoms with Crippen LogP contribution in [0.3, 0.4) is 0 Å². The highest BCUT2D eigenvalue weighted by Crippen LogP contribution is 2.41. The molecule has 2 aromatic rings. The summed E-state index contributed by atoms with van der Waals surface area (Å²) in [6, 6.07) is 5.04. The first-order valence-corrected chi connectivity index (χ1v) is 12.4. The number of allylic oxidation sites excluding steroid dienone is 1. The second kappa shape index (κ2) is 9.40. The number of aliphatic hydroxyl groups excluding tert-OH is 1. The van der Waals surface area contributed by atoms with E-state index in [0.717, 1.165) is 38.5 Å². The van der Waals surface area contributed by atoms with E-state index in [-0.39, 0.29) is 11.7 Å². The quantitative estimate of drug-likeness (QED) is 0.484. The Labute approximate surface area is 189 Å². The van der Waals surface area contributed by atoms with Gasteiger partial charge in [0.05, 0.1) is 12.3 Å². The summed E-state index contributed by atoms with van der Waals surface area (Å²) >= 11 is 2.74. The molecule has 2 aliphatic carbocycles. The van der Waals surface area contributed by atoms with Gasteiger partial charge in [0.1, 0.15) is 11.4 Å². The predicted octanol–water partition coefficient (Wildman–Crippen LogP) is 4.95. The number of nitrogens with zero attached hydrogens (tertiary/aromatic N) is 1. The van der Waals surface area contributed by atoms with Crippen LogP contribution in [0, 0.1) is 11.7 Å². The molecule has 1 atom stereocenters. The van der Waals surface area contributed by atoms with Gasteiger partial charge in [-0.15, -0.1) is 23.1 Å². The van der Waals surface area contributed by atoms with Gasteiger partial charge < -0.3 is 10.2 Å². The number of thioether (sulfide) groups is 1. The van der Waals surface area contributed by atoms with Crippen molar-refractivity contribution in [1.29, 1.82) is 0 Å². The zero-order valence-corrected chi connectivity index (χ0v) is 19.1. The van der Waals surface area contributed by atoms with Crippen LogP contribution in [0.5, 0.6) is 0 Å². The van der Waals surface area contributed by atoms with E-state index in [1.807, 2.05) is 12.1 Å². The first-order valence-electron chi connectivity index (χ1n) is 10.6. The number of aliphatic hydroxyl groups is 2. The summed E-state index contributed by atoms with van der Waals surface area (Å²) in [5.41, 5.74) is -0.176. The molecule has 5 nitrogen and oxygen atoms in total. The van der Waals surface area contributed by atoms with Gasteiger partial charge in [-0.1, -0.05) is 25.0 Å². The standard InChI is InChI=1S/C23H27FN2O3S2/c1-23(29,13-27)20-12-30-22(25-20)26-21(28)17(10-14-4-2-3-5-14)15-6-9-19(18(24)11-15)31-16-7-8-16/h6,9-12,14,16,27,29H,2-5,7-8,13H2,1H3,(H,25,26,28)/b17-10+. The molecule has 0 spiro atoms. The summed E-state index contributed by atoms with van der Waals surface area (Å²) in [6.45, 7) is 0.991. The molecule has 0 radical (unpaired) electrons. The molecule has 3 N–H and O–H groups in total. The van der Waals surface area contributed by atoms with Gasteiger partial charge in [0.15, 0.2) is 5.13 Å². The third-order valence-electron chi connectivity index (χ3n) is 5.69. The fraction of sp³-hybridized carbons (Fsp3) is 0.478. The number of aromatic nitrogens is 1. The van der Waals surface area contributed by atoms with E-state index in [9.17, 15) is 19.4 Å². The fourth-order valence-corrected chi connectivity index (χ4v) is 5.50. The van der Waals surface area contributed by atoms with Gasteiger partial charge in [-0.05, 0) is 56.2 Å². The zero-order chi connectivity index (χ0) is 22.0. The molecule has 166 valence electrons. The molecule has 1 amide bonds. The molecule has 4 rings (SSSR count). The van der Waals surface area contributed by atoms with Crippen molar-refractivity contribution in [2.75, 3.05) is 11.9 Å². The zero-order valence-electron chi connectivity index (χ0n) is 17.4. The topological polar surface area (TPSA) is 82.5 Å². The average molecular weight is 463 g/mol. The Morgan fingerprint density at radius 3 is 2.74 bits per heavy atom. The number of carbonyl (C=O) groups is 1. The third-order valence-corrected chi connectivity index (χ3v) is 7.84. The fourth-order valence-electron chi connectivity index (χ4n) is 3.62. The van der Waals surface area contributed by atoms with E-state index in [1.54, 1.807) is 23.2 Å². The number of rotatable bonds is 8. The van der Waals surface area contributed by atoms with Crippen molar-refractivity contribution in [3.05, 3.63) is 46.7 Å². The van der Waals surface area contributed by atoms with Gasteiger partial charge in [-0.25, -0.2) is 9.37 Å². The number of nitrogens with one attached hydrogen (secondary N) is 1. The number of amides is 1. The van der Waals surface area contributed by atoms with E-state index in [1.165, 1.54) is 24.3 Å². The van der Waals surface area contributed by atoms with Crippen molar-refractivity contribution in [3.63, 3.8) is 0 Å². The molecule has 1 aromatic carbocycles. The maximum absolute atomic E-state index is 14.7. The van der Waals surface area contributed by atoms with Crippen LogP contribution in [-0.2, 0) is 10.4 Å². The minimum Gasteiger partial charge on any atom is -0.393 e. The van der Waals surface area contributed by atoms with Crippen LogP contribution in [0.15, 0.2) is 34.6 Å². The largest absolute Gasteiger partial charge is 0.393 e. The summed E-state index contributed by atoms with van der Waals surface area (Å²) in [6.07, 6.45) is 8.52. The molecule has 8 heteroatoms. The Kier molecular flexibility index (Phi) is 6.81. The number of thiazole rings is 1. The van der Waals surface area contributed by atoms with Gasteiger partial charge in [0.2, 0.25) is 0 Å². The molecule has 0 aliphatic heterocycles. The highest BCUT2D eigenvalue weighted by Gasteiger charge is 2.27. The van der Waals surface area contributed by atoms with Gasteiger partial charge in [0.25, 0.3) is 5.91 Å². The van der Waals surface area contributed by atoms with Crippen molar-refractivity contribution < 1.29 is 19.4 Å². The monoisotopic (exact) mass is 462 g/mol. The van der Waals surface area contributed by atoms with E-state index in [0.29, 0.717) is 38.0 Å². The molecular weight excluding hydrogens is 435 g/mol. The molecular formula is C23H27FN2O3S2. The number of hydrogen-bond donors (Lipinski definition) is 3. The van der Waals surface area contributed by atoms with Crippen LogP contribution in [0.1, 0.15) is 56.7 Å². The van der Waals surface area contributed by atoms with Crippen molar-refractivity contribution in [1.82, 2.24) is 4.98 Å². The average Bonchev–Trinajstić information content (AvgIpc) is 3.20. The summed E-state index contributed by atoms with van der Waals surface area (Å²) in [4.78, 5) is 18.0. The van der Waals surface area contributed by atoms with E-state index in [2.05, 4.69) is 10.3 Å². The Bertz CT molecular complexity index is 979. The SMILES string of the molecule is CC(O)(CO)c1csc(NC(=O)/C(=C/C2CCCC2)c2ccc(SC3CC3)c(F)c2)n1. The lowest BCUT2D eigenvalue weighted by Crippen LogP contribution is -2.26. The lowest BCUT2D eigenvalue weighted by Gasteiger charge is -2.17. The molecule has 1 unspecified atom stereocenters. The van der Waals surface area contributed by atoms with Crippen LogP contribution in [0.2, 0.25) is 0 Å². The second-order valence-corrected chi connectivity index (χ2v) is 10.7. The molecule has 0 bridgehead atoms. The van der Waals surface area contributed by atoms with Gasteiger partial charge in [0, 0.05) is 21.1 Å². The first kappa shape index (κ1) is 22.5. The lowest BCUT2D eigenvalue weighted by atomic mass is 9.98. The molecule has 2 fully saturated rings. The van der Waals surface area contributed by atoms with E-state index < -0.39 is 12.2 Å². The molecule has 1 heterocycles. The summed E-state index contributed by atoms with van der Waals surface area (Å²) in [5.74, 6) is -0.347. The maximum Gasteiger partial charge on any atom is 0.257 e. The van der Waals surface area contributed by atoms with E-state index >= 15 is 0 Å². The maximum atomic E-state index is 14.7. The van der Waals surface area contributed by atoms with Crippen molar-refractivity contribution in [2.45, 2.75) is 61.2 Å².